The fraction of sp³-hybridized carbons (Fsp3) is 0.857. The number of rotatable bonds is 11. The average molecular weight is 208 g/mol. The summed E-state index contributed by atoms with van der Waals surface area (Å²) < 4.78 is 0. The molecule has 0 aromatic rings. The summed E-state index contributed by atoms with van der Waals surface area (Å²) in [7, 11) is 0. The van der Waals surface area contributed by atoms with Gasteiger partial charge in [0.05, 0.1) is 12.5 Å². The number of nitrogens with zero attached hydrogens (tertiary/aromatic N) is 1. The highest BCUT2D eigenvalue weighted by Crippen LogP contribution is 2.11. The van der Waals surface area contributed by atoms with Gasteiger partial charge in [-0.1, -0.05) is 71.1 Å². The number of hydrogen-bond donors (Lipinski definition) is 0. The van der Waals surface area contributed by atoms with Crippen LogP contribution in [0.1, 0.15) is 77.6 Å². The molecule has 0 saturated carbocycles. The molecule has 0 atom stereocenters. The van der Waals surface area contributed by atoms with E-state index in [4.69, 9.17) is 5.26 Å². The van der Waals surface area contributed by atoms with Crippen LogP contribution < -0.4 is 0 Å². The van der Waals surface area contributed by atoms with Crippen molar-refractivity contribution < 1.29 is 0 Å². The van der Waals surface area contributed by atoms with Crippen LogP contribution in [0.5, 0.6) is 0 Å². The van der Waals surface area contributed by atoms with Crippen molar-refractivity contribution in [3.8, 4) is 6.07 Å². The lowest BCUT2D eigenvalue weighted by atomic mass is 10.1. The summed E-state index contributed by atoms with van der Waals surface area (Å²) in [6.45, 7) is 2.26. The first-order valence-corrected chi connectivity index (χ1v) is 6.63. The van der Waals surface area contributed by atoms with E-state index in [-0.39, 0.29) is 0 Å². The minimum Gasteiger partial charge on any atom is -0.198 e. The standard InChI is InChI=1S/C14H26N/c1-2-3-4-5-6-7-8-9-10-11-12-13-14-15/h13H,2-12H2,1H3. The maximum atomic E-state index is 8.30. The van der Waals surface area contributed by atoms with E-state index in [9.17, 15) is 0 Å². The molecule has 1 heteroatoms. The number of nitriles is 1. The Morgan fingerprint density at radius 3 is 1.73 bits per heavy atom. The molecule has 0 aromatic carbocycles. The van der Waals surface area contributed by atoms with Gasteiger partial charge in [0.2, 0.25) is 0 Å². The Hall–Kier alpha value is -0.510. The van der Waals surface area contributed by atoms with Crippen molar-refractivity contribution in [2.75, 3.05) is 0 Å². The van der Waals surface area contributed by atoms with Gasteiger partial charge in [-0.15, -0.1) is 0 Å². The Morgan fingerprint density at radius 2 is 1.27 bits per heavy atom. The van der Waals surface area contributed by atoms with Crippen molar-refractivity contribution in [2.45, 2.75) is 77.6 Å². The van der Waals surface area contributed by atoms with Gasteiger partial charge in [0.1, 0.15) is 0 Å². The molecule has 0 heterocycles. The summed E-state index contributed by atoms with van der Waals surface area (Å²) in [6, 6.07) is 2.07. The van der Waals surface area contributed by atoms with Gasteiger partial charge in [-0.2, -0.15) is 5.26 Å². The highest BCUT2D eigenvalue weighted by Gasteiger charge is 1.92. The van der Waals surface area contributed by atoms with Crippen molar-refractivity contribution in [1.29, 1.82) is 5.26 Å². The number of unbranched alkanes of at least 4 members (excludes halogenated alkanes) is 11. The molecule has 1 radical (unpaired) electrons. The zero-order chi connectivity index (χ0) is 11.2. The minimum atomic E-state index is 0.979. The molecule has 0 N–H and O–H groups in total. The Balaban J connectivity index is 2.84. The lowest BCUT2D eigenvalue weighted by molar-refractivity contribution is 0.556. The normalized spacial score (nSPS) is 10.1. The van der Waals surface area contributed by atoms with Crippen molar-refractivity contribution in [3.05, 3.63) is 6.42 Å². The SMILES string of the molecule is CCCCCCCCCCCC[CH]C#N. The molecule has 0 bridgehead atoms. The molecule has 0 unspecified atom stereocenters. The minimum absolute atomic E-state index is 0.979. The van der Waals surface area contributed by atoms with E-state index in [1.807, 2.05) is 0 Å². The molecule has 0 aliphatic carbocycles. The maximum absolute atomic E-state index is 8.30. The molecule has 1 nitrogen and oxygen atoms in total. The molecule has 0 rings (SSSR count). The predicted octanol–water partition coefficient (Wildman–Crippen LogP) is 5.03. The molecule has 0 aliphatic heterocycles. The first-order chi connectivity index (χ1) is 7.41. The zero-order valence-corrected chi connectivity index (χ0v) is 10.3. The van der Waals surface area contributed by atoms with Gasteiger partial charge >= 0.3 is 0 Å². The topological polar surface area (TPSA) is 23.8 Å². The molecule has 0 aromatic heterocycles. The van der Waals surface area contributed by atoms with E-state index in [1.54, 1.807) is 6.42 Å². The quantitative estimate of drug-likeness (QED) is 0.437. The molecule has 15 heavy (non-hydrogen) atoms. The molecule has 0 amide bonds. The van der Waals surface area contributed by atoms with Crippen molar-refractivity contribution in [2.24, 2.45) is 0 Å². The largest absolute Gasteiger partial charge is 0.198 e. The Bertz CT molecular complexity index is 146. The van der Waals surface area contributed by atoms with E-state index in [1.165, 1.54) is 64.2 Å². The van der Waals surface area contributed by atoms with Gasteiger partial charge < -0.3 is 0 Å². The van der Waals surface area contributed by atoms with Crippen molar-refractivity contribution in [1.82, 2.24) is 0 Å². The van der Waals surface area contributed by atoms with E-state index in [0.717, 1.165) is 6.42 Å². The molecule has 0 fully saturated rings. The maximum Gasteiger partial charge on any atom is 0.0669 e. The molecule has 87 valence electrons. The third kappa shape index (κ3) is 13.5. The summed E-state index contributed by atoms with van der Waals surface area (Å²) in [5.41, 5.74) is 0. The lowest BCUT2D eigenvalue weighted by Crippen LogP contribution is -1.82. The predicted molar refractivity (Wildman–Crippen MR) is 66.4 cm³/mol. The fourth-order valence-electron chi connectivity index (χ4n) is 1.80. The van der Waals surface area contributed by atoms with Crippen LogP contribution in [0.2, 0.25) is 0 Å². The Kier molecular flexibility index (Phi) is 13.0. The van der Waals surface area contributed by atoms with Gasteiger partial charge in [-0.05, 0) is 6.42 Å². The zero-order valence-electron chi connectivity index (χ0n) is 10.3. The van der Waals surface area contributed by atoms with Crippen LogP contribution in [0.4, 0.5) is 0 Å². The molecular formula is C14H26N. The van der Waals surface area contributed by atoms with Crippen LogP contribution in [0, 0.1) is 17.8 Å². The van der Waals surface area contributed by atoms with Crippen LogP contribution in [-0.4, -0.2) is 0 Å². The third-order valence-corrected chi connectivity index (χ3v) is 2.79. The van der Waals surface area contributed by atoms with Gasteiger partial charge in [-0.25, -0.2) is 0 Å². The monoisotopic (exact) mass is 208 g/mol. The first-order valence-electron chi connectivity index (χ1n) is 6.63. The lowest BCUT2D eigenvalue weighted by Gasteiger charge is -2.01. The van der Waals surface area contributed by atoms with Gasteiger partial charge in [0, 0.05) is 0 Å². The van der Waals surface area contributed by atoms with Gasteiger partial charge in [-0.3, -0.25) is 0 Å². The third-order valence-electron chi connectivity index (χ3n) is 2.79. The van der Waals surface area contributed by atoms with E-state index in [0.29, 0.717) is 0 Å². The molecule has 0 spiro atoms. The molecule has 0 saturated heterocycles. The summed E-state index contributed by atoms with van der Waals surface area (Å²) in [5, 5.41) is 8.30. The second-order valence-corrected chi connectivity index (χ2v) is 4.30. The fourth-order valence-corrected chi connectivity index (χ4v) is 1.80. The highest BCUT2D eigenvalue weighted by molar-refractivity contribution is 4.90. The van der Waals surface area contributed by atoms with Crippen LogP contribution in [0.3, 0.4) is 0 Å². The van der Waals surface area contributed by atoms with Crippen LogP contribution in [0.25, 0.3) is 0 Å². The van der Waals surface area contributed by atoms with E-state index in [2.05, 4.69) is 13.0 Å². The smallest absolute Gasteiger partial charge is 0.0669 e. The summed E-state index contributed by atoms with van der Waals surface area (Å²) in [6.07, 6.45) is 16.4. The summed E-state index contributed by atoms with van der Waals surface area (Å²) >= 11 is 0. The second kappa shape index (κ2) is 13.5. The highest BCUT2D eigenvalue weighted by atomic mass is 14.2. The number of hydrogen-bond acceptors (Lipinski definition) is 1. The van der Waals surface area contributed by atoms with E-state index >= 15 is 0 Å². The van der Waals surface area contributed by atoms with Crippen LogP contribution in [-0.2, 0) is 0 Å². The van der Waals surface area contributed by atoms with Crippen LogP contribution >= 0.6 is 0 Å². The van der Waals surface area contributed by atoms with Crippen molar-refractivity contribution >= 4 is 0 Å². The van der Waals surface area contributed by atoms with Gasteiger partial charge in [0.15, 0.2) is 0 Å². The summed E-state index contributed by atoms with van der Waals surface area (Å²) in [4.78, 5) is 0. The first kappa shape index (κ1) is 14.5. The Labute approximate surface area is 95.9 Å². The second-order valence-electron chi connectivity index (χ2n) is 4.30. The molecular weight excluding hydrogens is 182 g/mol. The molecule has 0 aliphatic rings. The van der Waals surface area contributed by atoms with Crippen LogP contribution in [0.15, 0.2) is 0 Å². The van der Waals surface area contributed by atoms with Crippen molar-refractivity contribution in [3.63, 3.8) is 0 Å². The Morgan fingerprint density at radius 1 is 0.800 bits per heavy atom. The van der Waals surface area contributed by atoms with Gasteiger partial charge in [0.25, 0.3) is 0 Å². The van der Waals surface area contributed by atoms with E-state index < -0.39 is 0 Å². The summed E-state index contributed by atoms with van der Waals surface area (Å²) in [5.74, 6) is 0. The average Bonchev–Trinajstić information content (AvgIpc) is 2.26.